The van der Waals surface area contributed by atoms with Gasteiger partial charge >= 0.3 is 6.09 Å². The highest BCUT2D eigenvalue weighted by molar-refractivity contribution is 5.74. The van der Waals surface area contributed by atoms with E-state index in [0.717, 1.165) is 23.3 Å². The van der Waals surface area contributed by atoms with Gasteiger partial charge in [-0.25, -0.2) is 4.79 Å². The molecule has 0 bridgehead atoms. The summed E-state index contributed by atoms with van der Waals surface area (Å²) in [6, 6.07) is 4.80. The number of benzene rings is 1. The standard InChI is InChI=1S/C16H21NO4/c1-10-7-12-8-11(5-6-14(12)20-10)13(9-18)17-15(19)21-16(2,3)4/h5-6,8-10,13H,7H2,1-4H3,(H,17,19). The van der Waals surface area contributed by atoms with E-state index in [0.29, 0.717) is 6.29 Å². The third-order valence-corrected chi connectivity index (χ3v) is 3.09. The average molecular weight is 291 g/mol. The number of amides is 1. The number of fused-ring (bicyclic) bond motifs is 1. The predicted octanol–water partition coefficient (Wildman–Crippen LogP) is 2.77. The quantitative estimate of drug-likeness (QED) is 0.870. The number of ether oxygens (including phenoxy) is 2. The van der Waals surface area contributed by atoms with Crippen molar-refractivity contribution in [1.29, 1.82) is 0 Å². The van der Waals surface area contributed by atoms with E-state index in [4.69, 9.17) is 9.47 Å². The highest BCUT2D eigenvalue weighted by Gasteiger charge is 2.23. The summed E-state index contributed by atoms with van der Waals surface area (Å²) in [5, 5.41) is 2.57. The maximum absolute atomic E-state index is 11.8. The van der Waals surface area contributed by atoms with Crippen molar-refractivity contribution in [2.75, 3.05) is 0 Å². The van der Waals surface area contributed by atoms with Crippen molar-refractivity contribution in [3.63, 3.8) is 0 Å². The van der Waals surface area contributed by atoms with Crippen LogP contribution in [0.2, 0.25) is 0 Å². The monoisotopic (exact) mass is 291 g/mol. The van der Waals surface area contributed by atoms with Gasteiger partial charge in [-0.3, -0.25) is 0 Å². The fourth-order valence-electron chi connectivity index (χ4n) is 2.27. The van der Waals surface area contributed by atoms with Gasteiger partial charge in [0.05, 0.1) is 0 Å². The third-order valence-electron chi connectivity index (χ3n) is 3.09. The number of alkyl carbamates (subject to hydrolysis) is 1. The molecular weight excluding hydrogens is 270 g/mol. The van der Waals surface area contributed by atoms with E-state index in [1.165, 1.54) is 0 Å². The molecule has 5 heteroatoms. The van der Waals surface area contributed by atoms with Gasteiger partial charge in [-0.2, -0.15) is 0 Å². The minimum atomic E-state index is -0.721. The molecule has 2 rings (SSSR count). The van der Waals surface area contributed by atoms with Crippen LogP contribution in [0.1, 0.15) is 44.9 Å². The minimum absolute atomic E-state index is 0.142. The minimum Gasteiger partial charge on any atom is -0.490 e. The van der Waals surface area contributed by atoms with E-state index in [2.05, 4.69) is 5.32 Å². The van der Waals surface area contributed by atoms with Gasteiger partial charge < -0.3 is 19.6 Å². The molecule has 1 heterocycles. The van der Waals surface area contributed by atoms with Gasteiger partial charge in [-0.1, -0.05) is 6.07 Å². The second-order valence-electron chi connectivity index (χ2n) is 6.26. The number of hydrogen-bond donors (Lipinski definition) is 1. The Balaban J connectivity index is 2.10. The van der Waals surface area contributed by atoms with Crippen molar-refractivity contribution in [3.8, 4) is 5.75 Å². The first-order valence-corrected chi connectivity index (χ1v) is 7.03. The van der Waals surface area contributed by atoms with Gasteiger partial charge in [0, 0.05) is 6.42 Å². The summed E-state index contributed by atoms with van der Waals surface area (Å²) >= 11 is 0. The van der Waals surface area contributed by atoms with Crippen LogP contribution in [-0.2, 0) is 16.0 Å². The number of carbonyl (C=O) groups excluding carboxylic acids is 2. The first-order valence-electron chi connectivity index (χ1n) is 7.03. The number of nitrogens with one attached hydrogen (secondary N) is 1. The zero-order valence-corrected chi connectivity index (χ0v) is 12.8. The van der Waals surface area contributed by atoms with Gasteiger partial charge in [-0.05, 0) is 51.0 Å². The highest BCUT2D eigenvalue weighted by atomic mass is 16.6. The van der Waals surface area contributed by atoms with E-state index in [1.807, 2.05) is 19.1 Å². The van der Waals surface area contributed by atoms with Crippen LogP contribution in [0.5, 0.6) is 5.75 Å². The van der Waals surface area contributed by atoms with Gasteiger partial charge in [0.15, 0.2) is 0 Å². The molecule has 1 aromatic carbocycles. The molecule has 5 nitrogen and oxygen atoms in total. The van der Waals surface area contributed by atoms with Crippen LogP contribution in [-0.4, -0.2) is 24.1 Å². The normalized spacial score (nSPS) is 18.4. The Hall–Kier alpha value is -2.04. The molecule has 0 radical (unpaired) electrons. The van der Waals surface area contributed by atoms with E-state index >= 15 is 0 Å². The van der Waals surface area contributed by atoms with E-state index in [9.17, 15) is 9.59 Å². The zero-order chi connectivity index (χ0) is 15.6. The molecule has 0 spiro atoms. The first-order chi connectivity index (χ1) is 9.78. The topological polar surface area (TPSA) is 64.6 Å². The maximum Gasteiger partial charge on any atom is 0.408 e. The molecule has 114 valence electrons. The summed E-state index contributed by atoms with van der Waals surface area (Å²) < 4.78 is 10.8. The molecule has 0 aliphatic carbocycles. The molecule has 1 aliphatic rings. The average Bonchev–Trinajstić information content (AvgIpc) is 2.72. The van der Waals surface area contributed by atoms with Crippen molar-refractivity contribution in [2.45, 2.75) is 51.9 Å². The summed E-state index contributed by atoms with van der Waals surface area (Å²) in [5.74, 6) is 0.841. The number of rotatable bonds is 3. The maximum atomic E-state index is 11.8. The smallest absolute Gasteiger partial charge is 0.408 e. The van der Waals surface area contributed by atoms with Crippen LogP contribution >= 0.6 is 0 Å². The molecule has 1 amide bonds. The zero-order valence-electron chi connectivity index (χ0n) is 12.8. The molecular formula is C16H21NO4. The molecule has 0 saturated carbocycles. The first kappa shape index (κ1) is 15.4. The number of hydrogen-bond acceptors (Lipinski definition) is 4. The van der Waals surface area contributed by atoms with Crippen molar-refractivity contribution < 1.29 is 19.1 Å². The summed E-state index contributed by atoms with van der Waals surface area (Å²) in [5.41, 5.74) is 1.18. The van der Waals surface area contributed by atoms with E-state index < -0.39 is 17.7 Å². The van der Waals surface area contributed by atoms with Crippen LogP contribution in [0.3, 0.4) is 0 Å². The van der Waals surface area contributed by atoms with Gasteiger partial charge in [0.1, 0.15) is 29.8 Å². The SMILES string of the molecule is CC1Cc2cc(C(C=O)NC(=O)OC(C)(C)C)ccc2O1. The summed E-state index contributed by atoms with van der Waals surface area (Å²) in [6.07, 6.45) is 1.04. The fraction of sp³-hybridized carbons (Fsp3) is 0.500. The molecule has 2 unspecified atom stereocenters. The Morgan fingerprint density at radius 3 is 2.81 bits per heavy atom. The van der Waals surface area contributed by atoms with Crippen molar-refractivity contribution >= 4 is 12.4 Å². The summed E-state index contributed by atoms with van der Waals surface area (Å²) in [7, 11) is 0. The lowest BCUT2D eigenvalue weighted by Crippen LogP contribution is -2.35. The number of aldehydes is 1. The Kier molecular flexibility index (Phi) is 4.21. The lowest BCUT2D eigenvalue weighted by molar-refractivity contribution is -0.109. The Morgan fingerprint density at radius 1 is 1.48 bits per heavy atom. The largest absolute Gasteiger partial charge is 0.490 e. The van der Waals surface area contributed by atoms with Crippen LogP contribution in [0.25, 0.3) is 0 Å². The van der Waals surface area contributed by atoms with Crippen molar-refractivity contribution in [1.82, 2.24) is 5.32 Å². The summed E-state index contributed by atoms with van der Waals surface area (Å²) in [6.45, 7) is 7.32. The van der Waals surface area contributed by atoms with Gasteiger partial charge in [0.25, 0.3) is 0 Å². The van der Waals surface area contributed by atoms with Gasteiger partial charge in [0.2, 0.25) is 0 Å². The van der Waals surface area contributed by atoms with Crippen molar-refractivity contribution in [3.05, 3.63) is 29.3 Å². The van der Waals surface area contributed by atoms with E-state index in [-0.39, 0.29) is 6.10 Å². The lowest BCUT2D eigenvalue weighted by Gasteiger charge is -2.21. The van der Waals surface area contributed by atoms with Crippen LogP contribution in [0.4, 0.5) is 4.79 Å². The molecule has 1 N–H and O–H groups in total. The second-order valence-corrected chi connectivity index (χ2v) is 6.26. The molecule has 0 fully saturated rings. The molecule has 0 aromatic heterocycles. The third kappa shape index (κ3) is 3.97. The molecule has 2 atom stereocenters. The molecule has 1 aromatic rings. The lowest BCUT2D eigenvalue weighted by atomic mass is 10.0. The van der Waals surface area contributed by atoms with Crippen LogP contribution in [0, 0.1) is 0 Å². The Labute approximate surface area is 124 Å². The summed E-state index contributed by atoms with van der Waals surface area (Å²) in [4.78, 5) is 23.0. The number of carbonyl (C=O) groups is 2. The van der Waals surface area contributed by atoms with E-state index in [1.54, 1.807) is 26.8 Å². The highest BCUT2D eigenvalue weighted by Crippen LogP contribution is 2.30. The molecule has 1 aliphatic heterocycles. The van der Waals surface area contributed by atoms with Crippen molar-refractivity contribution in [2.24, 2.45) is 0 Å². The van der Waals surface area contributed by atoms with Gasteiger partial charge in [-0.15, -0.1) is 0 Å². The second kappa shape index (κ2) is 5.76. The van der Waals surface area contributed by atoms with Crippen LogP contribution in [0.15, 0.2) is 18.2 Å². The predicted molar refractivity (Wildman–Crippen MR) is 78.4 cm³/mol. The van der Waals surface area contributed by atoms with Crippen LogP contribution < -0.4 is 10.1 Å². The molecule has 0 saturated heterocycles. The Bertz CT molecular complexity index is 548. The fourth-order valence-corrected chi connectivity index (χ4v) is 2.27. The Morgan fingerprint density at radius 2 is 2.19 bits per heavy atom. The molecule has 21 heavy (non-hydrogen) atoms.